The molecule has 7 heteroatoms. The molecule has 0 radical (unpaired) electrons. The van der Waals surface area contributed by atoms with Crippen LogP contribution in [-0.4, -0.2) is 13.7 Å². The van der Waals surface area contributed by atoms with Crippen LogP contribution >= 0.6 is 31.9 Å². The first-order valence-electron chi connectivity index (χ1n) is 4.77. The second-order valence-electron chi connectivity index (χ2n) is 3.30. The average molecular weight is 382 g/mol. The van der Waals surface area contributed by atoms with Crippen molar-refractivity contribution in [1.82, 2.24) is 0 Å². The molecule has 0 bridgehead atoms. The molecule has 0 aliphatic rings. The van der Waals surface area contributed by atoms with E-state index in [9.17, 15) is 8.42 Å². The maximum Gasteiger partial charge on any atom is 0.249 e. The zero-order valence-electron chi connectivity index (χ0n) is 8.94. The van der Waals surface area contributed by atoms with E-state index in [4.69, 9.17) is 5.26 Å². The maximum absolute atomic E-state index is 11.8. The third-order valence-electron chi connectivity index (χ3n) is 2.07. The first-order valence-corrected chi connectivity index (χ1v) is 7.90. The summed E-state index contributed by atoms with van der Waals surface area (Å²) in [5, 5.41) is 7.72. The zero-order chi connectivity index (χ0) is 13.1. The van der Waals surface area contributed by atoms with Crippen LogP contribution in [0.3, 0.4) is 0 Å². The number of benzene rings is 1. The summed E-state index contributed by atoms with van der Waals surface area (Å²) in [5.74, 6) is 0. The molecule has 0 aliphatic carbocycles. The fourth-order valence-electron chi connectivity index (χ4n) is 1.18. The van der Waals surface area contributed by atoms with Crippen LogP contribution < -0.4 is 4.72 Å². The smallest absolute Gasteiger partial charge is 0.249 e. The van der Waals surface area contributed by atoms with E-state index in [0.717, 1.165) is 4.47 Å². The Balaban J connectivity index is 3.03. The Hall–Kier alpha value is -0.580. The third-order valence-corrected chi connectivity index (χ3v) is 4.91. The summed E-state index contributed by atoms with van der Waals surface area (Å²) in [6, 6.07) is 6.83. The molecule has 92 valence electrons. The van der Waals surface area contributed by atoms with Gasteiger partial charge in [0, 0.05) is 8.95 Å². The van der Waals surface area contributed by atoms with Crippen LogP contribution in [0.1, 0.15) is 13.3 Å². The number of anilines is 1. The second kappa shape index (κ2) is 5.85. The highest BCUT2D eigenvalue weighted by Gasteiger charge is 2.23. The highest BCUT2D eigenvalue weighted by Crippen LogP contribution is 2.27. The van der Waals surface area contributed by atoms with Crippen LogP contribution in [0.5, 0.6) is 0 Å². The van der Waals surface area contributed by atoms with E-state index in [1.165, 1.54) is 0 Å². The molecule has 1 atom stereocenters. The number of hydrogen-bond donors (Lipinski definition) is 1. The average Bonchev–Trinajstić information content (AvgIpc) is 2.23. The van der Waals surface area contributed by atoms with Crippen molar-refractivity contribution >= 4 is 47.6 Å². The summed E-state index contributed by atoms with van der Waals surface area (Å²) in [6.45, 7) is 1.66. The highest BCUT2D eigenvalue weighted by molar-refractivity contribution is 9.11. The maximum atomic E-state index is 11.8. The van der Waals surface area contributed by atoms with Crippen LogP contribution in [-0.2, 0) is 10.0 Å². The van der Waals surface area contributed by atoms with E-state index in [1.807, 2.05) is 0 Å². The van der Waals surface area contributed by atoms with Gasteiger partial charge in [0.25, 0.3) is 0 Å². The van der Waals surface area contributed by atoms with Gasteiger partial charge in [0.2, 0.25) is 10.0 Å². The van der Waals surface area contributed by atoms with Gasteiger partial charge in [-0.3, -0.25) is 4.72 Å². The van der Waals surface area contributed by atoms with Crippen molar-refractivity contribution < 1.29 is 8.42 Å². The first-order chi connectivity index (χ1) is 7.90. The Morgan fingerprint density at radius 3 is 2.59 bits per heavy atom. The van der Waals surface area contributed by atoms with E-state index >= 15 is 0 Å². The normalized spacial score (nSPS) is 12.8. The molecule has 0 saturated carbocycles. The lowest BCUT2D eigenvalue weighted by Gasteiger charge is -2.12. The summed E-state index contributed by atoms with van der Waals surface area (Å²) < 4.78 is 27.5. The van der Waals surface area contributed by atoms with Gasteiger partial charge in [-0.1, -0.05) is 22.9 Å². The predicted octanol–water partition coefficient (Wildman–Crippen LogP) is 3.26. The Morgan fingerprint density at radius 1 is 1.47 bits per heavy atom. The summed E-state index contributed by atoms with van der Waals surface area (Å²) in [7, 11) is -3.67. The molecule has 0 aromatic heterocycles. The predicted molar refractivity (Wildman–Crippen MR) is 74.1 cm³/mol. The molecule has 0 amide bonds. The van der Waals surface area contributed by atoms with Gasteiger partial charge in [-0.25, -0.2) is 8.42 Å². The van der Waals surface area contributed by atoms with Crippen LogP contribution in [0.4, 0.5) is 5.69 Å². The molecule has 0 fully saturated rings. The largest absolute Gasteiger partial charge is 0.281 e. The molecule has 0 saturated heterocycles. The highest BCUT2D eigenvalue weighted by atomic mass is 79.9. The van der Waals surface area contributed by atoms with Gasteiger partial charge in [0.05, 0.1) is 11.8 Å². The molecular formula is C10H10Br2N2O2S. The number of nitrogens with one attached hydrogen (secondary N) is 1. The summed E-state index contributed by atoms with van der Waals surface area (Å²) in [5.41, 5.74) is 0.418. The van der Waals surface area contributed by atoms with Crippen LogP contribution in [0.2, 0.25) is 0 Å². The minimum Gasteiger partial charge on any atom is -0.281 e. The van der Waals surface area contributed by atoms with E-state index < -0.39 is 15.3 Å². The number of nitriles is 1. The molecule has 1 rings (SSSR count). The van der Waals surface area contributed by atoms with Gasteiger partial charge in [0.15, 0.2) is 5.25 Å². The molecule has 4 nitrogen and oxygen atoms in total. The molecule has 1 N–H and O–H groups in total. The molecule has 0 aliphatic heterocycles. The molecule has 0 spiro atoms. The van der Waals surface area contributed by atoms with Gasteiger partial charge >= 0.3 is 0 Å². The van der Waals surface area contributed by atoms with Gasteiger partial charge in [-0.2, -0.15) is 5.26 Å². The number of halogens is 2. The second-order valence-corrected chi connectivity index (χ2v) is 6.93. The fourth-order valence-corrected chi connectivity index (χ4v) is 3.66. The lowest BCUT2D eigenvalue weighted by Crippen LogP contribution is -2.26. The Labute approximate surface area is 117 Å². The Bertz CT molecular complexity index is 552. The van der Waals surface area contributed by atoms with Gasteiger partial charge in [-0.05, 0) is 40.5 Å². The van der Waals surface area contributed by atoms with Gasteiger partial charge in [0.1, 0.15) is 0 Å². The van der Waals surface area contributed by atoms with E-state index in [0.29, 0.717) is 10.2 Å². The van der Waals surface area contributed by atoms with Crippen molar-refractivity contribution in [3.8, 4) is 6.07 Å². The molecule has 1 aromatic carbocycles. The van der Waals surface area contributed by atoms with E-state index in [2.05, 4.69) is 36.6 Å². The van der Waals surface area contributed by atoms with Gasteiger partial charge < -0.3 is 0 Å². The fraction of sp³-hybridized carbons (Fsp3) is 0.300. The molecule has 0 heterocycles. The summed E-state index contributed by atoms with van der Waals surface area (Å²) in [4.78, 5) is 0. The molecule has 1 unspecified atom stereocenters. The summed E-state index contributed by atoms with van der Waals surface area (Å²) >= 11 is 6.53. The van der Waals surface area contributed by atoms with Gasteiger partial charge in [-0.15, -0.1) is 0 Å². The zero-order valence-corrected chi connectivity index (χ0v) is 12.9. The quantitative estimate of drug-likeness (QED) is 0.869. The Morgan fingerprint density at radius 2 is 2.12 bits per heavy atom. The van der Waals surface area contributed by atoms with Crippen LogP contribution in [0.15, 0.2) is 27.1 Å². The number of sulfonamides is 1. The lowest BCUT2D eigenvalue weighted by molar-refractivity contribution is 0.593. The van der Waals surface area contributed by atoms with Crippen molar-refractivity contribution in [2.24, 2.45) is 0 Å². The van der Waals surface area contributed by atoms with Crippen LogP contribution in [0.25, 0.3) is 0 Å². The van der Waals surface area contributed by atoms with Crippen molar-refractivity contribution in [2.75, 3.05) is 4.72 Å². The lowest BCUT2D eigenvalue weighted by atomic mass is 10.3. The SMILES string of the molecule is CCC(C#N)S(=O)(=O)Nc1ccc(Br)cc1Br. The van der Waals surface area contributed by atoms with Crippen molar-refractivity contribution in [2.45, 2.75) is 18.6 Å². The summed E-state index contributed by atoms with van der Waals surface area (Å²) in [6.07, 6.45) is 0.250. The number of hydrogen-bond acceptors (Lipinski definition) is 3. The molecule has 17 heavy (non-hydrogen) atoms. The van der Waals surface area contributed by atoms with E-state index in [1.54, 1.807) is 31.2 Å². The monoisotopic (exact) mass is 380 g/mol. The van der Waals surface area contributed by atoms with Crippen molar-refractivity contribution in [1.29, 1.82) is 5.26 Å². The van der Waals surface area contributed by atoms with E-state index in [-0.39, 0.29) is 6.42 Å². The Kier molecular flexibility index (Phi) is 4.98. The standard InChI is InChI=1S/C10H10Br2N2O2S/c1-2-8(6-13)17(15,16)14-10-4-3-7(11)5-9(10)12/h3-5,8,14H,2H2,1H3. The number of nitrogens with zero attached hydrogens (tertiary/aromatic N) is 1. The van der Waals surface area contributed by atoms with Crippen molar-refractivity contribution in [3.05, 3.63) is 27.1 Å². The third kappa shape index (κ3) is 3.69. The van der Waals surface area contributed by atoms with Crippen LogP contribution in [0, 0.1) is 11.3 Å². The number of rotatable bonds is 4. The molecular weight excluding hydrogens is 372 g/mol. The van der Waals surface area contributed by atoms with Crippen molar-refractivity contribution in [3.63, 3.8) is 0 Å². The topological polar surface area (TPSA) is 70.0 Å². The molecule has 1 aromatic rings. The minimum atomic E-state index is -3.67. The minimum absolute atomic E-state index is 0.250. The first kappa shape index (κ1) is 14.5.